The van der Waals surface area contributed by atoms with E-state index in [4.69, 9.17) is 0 Å². The van der Waals surface area contributed by atoms with E-state index < -0.39 is 0 Å². The van der Waals surface area contributed by atoms with Crippen molar-refractivity contribution in [3.8, 4) is 22.3 Å². The Balaban J connectivity index is 2.22. The van der Waals surface area contributed by atoms with Crippen LogP contribution in [0.5, 0.6) is 0 Å². The first-order chi connectivity index (χ1) is 9.75. The molecule has 0 saturated heterocycles. The molecule has 0 saturated carbocycles. The Bertz CT molecular complexity index is 744. The van der Waals surface area contributed by atoms with Crippen molar-refractivity contribution in [2.45, 2.75) is 6.92 Å². The number of benzene rings is 3. The molecule has 0 radical (unpaired) electrons. The molecule has 0 atom stereocenters. The van der Waals surface area contributed by atoms with Crippen LogP contribution in [0.25, 0.3) is 22.3 Å². The largest absolute Gasteiger partial charge is 0.140 e. The number of aryl methyl sites for hydroxylation is 1. The minimum atomic E-state index is 1.28. The fourth-order valence-corrected chi connectivity index (χ4v) is 2.66. The molecule has 1 heteroatoms. The van der Waals surface area contributed by atoms with Gasteiger partial charge in [-0.05, 0) is 29.2 Å². The molecule has 0 bridgehead atoms. The van der Waals surface area contributed by atoms with Crippen LogP contribution in [-0.4, -0.2) is 7.85 Å². The van der Waals surface area contributed by atoms with Crippen LogP contribution >= 0.6 is 0 Å². The van der Waals surface area contributed by atoms with Gasteiger partial charge >= 0.3 is 0 Å². The summed E-state index contributed by atoms with van der Waals surface area (Å²) in [6.45, 7) is 2.14. The van der Waals surface area contributed by atoms with Crippen molar-refractivity contribution in [2.24, 2.45) is 0 Å². The first kappa shape index (κ1) is 12.7. The van der Waals surface area contributed by atoms with Gasteiger partial charge in [0, 0.05) is 0 Å². The summed E-state index contributed by atoms with van der Waals surface area (Å²) in [6, 6.07) is 25.9. The summed E-state index contributed by atoms with van der Waals surface area (Å²) >= 11 is 0. The van der Waals surface area contributed by atoms with E-state index in [1.165, 1.54) is 33.3 Å². The van der Waals surface area contributed by atoms with Gasteiger partial charge in [-0.3, -0.25) is 0 Å². The third kappa shape index (κ3) is 2.40. The van der Waals surface area contributed by atoms with E-state index in [1.54, 1.807) is 0 Å². The van der Waals surface area contributed by atoms with Gasteiger partial charge in [-0.15, -0.1) is 0 Å². The molecule has 20 heavy (non-hydrogen) atoms. The Hall–Kier alpha value is -2.28. The molecule has 0 N–H and O–H groups in total. The molecule has 3 aromatic rings. The van der Waals surface area contributed by atoms with Gasteiger partial charge in [-0.2, -0.15) is 0 Å². The van der Waals surface area contributed by atoms with E-state index in [0.717, 1.165) is 0 Å². The Morgan fingerprint density at radius 3 is 2.00 bits per heavy atom. The van der Waals surface area contributed by atoms with Crippen molar-refractivity contribution in [1.29, 1.82) is 0 Å². The second-order valence-corrected chi connectivity index (χ2v) is 5.23. The minimum absolute atomic E-state index is 1.28. The monoisotopic (exact) mass is 256 g/mol. The van der Waals surface area contributed by atoms with E-state index in [0.29, 0.717) is 0 Å². The van der Waals surface area contributed by atoms with E-state index in [9.17, 15) is 0 Å². The zero-order valence-electron chi connectivity index (χ0n) is 11.9. The van der Waals surface area contributed by atoms with Gasteiger partial charge in [-0.1, -0.05) is 83.8 Å². The van der Waals surface area contributed by atoms with Crippen LogP contribution in [0.2, 0.25) is 0 Å². The third-order valence-electron chi connectivity index (χ3n) is 3.69. The molecule has 3 rings (SSSR count). The lowest BCUT2D eigenvalue weighted by Gasteiger charge is -2.13. The first-order valence-electron chi connectivity index (χ1n) is 6.98. The van der Waals surface area contributed by atoms with Crippen LogP contribution in [0.3, 0.4) is 0 Å². The molecule has 0 nitrogen and oxygen atoms in total. The fraction of sp³-hybridized carbons (Fsp3) is 0.0526. The molecule has 0 spiro atoms. The van der Waals surface area contributed by atoms with Crippen molar-refractivity contribution in [3.05, 3.63) is 78.4 Å². The maximum absolute atomic E-state index is 2.25. The average molecular weight is 256 g/mol. The highest BCUT2D eigenvalue weighted by Crippen LogP contribution is 2.31. The van der Waals surface area contributed by atoms with Crippen LogP contribution in [0.15, 0.2) is 72.8 Å². The topological polar surface area (TPSA) is 0 Å². The van der Waals surface area contributed by atoms with E-state index in [1.807, 2.05) is 0 Å². The van der Waals surface area contributed by atoms with E-state index in [-0.39, 0.29) is 0 Å². The summed E-state index contributed by atoms with van der Waals surface area (Å²) < 4.78 is 0. The highest BCUT2D eigenvalue weighted by atomic mass is 14.1. The van der Waals surface area contributed by atoms with Crippen molar-refractivity contribution >= 4 is 13.3 Å². The maximum atomic E-state index is 2.25. The summed E-state index contributed by atoms with van der Waals surface area (Å²) in [6.07, 6.45) is 0. The van der Waals surface area contributed by atoms with Gasteiger partial charge in [0.1, 0.15) is 7.85 Å². The SMILES string of the molecule is Bc1ccccc1-c1ccccc1-c1cccc(C)c1. The normalized spacial score (nSPS) is 10.4. The second kappa shape index (κ2) is 5.38. The fourth-order valence-electron chi connectivity index (χ4n) is 2.66. The lowest BCUT2D eigenvalue weighted by Crippen LogP contribution is -2.06. The number of rotatable bonds is 2. The first-order valence-corrected chi connectivity index (χ1v) is 6.98. The molecule has 0 aromatic heterocycles. The van der Waals surface area contributed by atoms with Crippen molar-refractivity contribution in [1.82, 2.24) is 0 Å². The molecule has 0 fully saturated rings. The van der Waals surface area contributed by atoms with E-state index in [2.05, 4.69) is 87.6 Å². The lowest BCUT2D eigenvalue weighted by atomic mass is 9.84. The Morgan fingerprint density at radius 2 is 1.30 bits per heavy atom. The van der Waals surface area contributed by atoms with Gasteiger partial charge in [0.2, 0.25) is 0 Å². The van der Waals surface area contributed by atoms with Crippen LogP contribution < -0.4 is 5.46 Å². The van der Waals surface area contributed by atoms with Gasteiger partial charge in [0.25, 0.3) is 0 Å². The summed E-state index contributed by atoms with van der Waals surface area (Å²) in [5, 5.41) is 0. The predicted octanol–water partition coefficient (Wildman–Crippen LogP) is 3.59. The molecular weight excluding hydrogens is 239 g/mol. The van der Waals surface area contributed by atoms with Crippen molar-refractivity contribution < 1.29 is 0 Å². The quantitative estimate of drug-likeness (QED) is 0.615. The van der Waals surface area contributed by atoms with Gasteiger partial charge < -0.3 is 0 Å². The van der Waals surface area contributed by atoms with Crippen LogP contribution in [0, 0.1) is 6.92 Å². The predicted molar refractivity (Wildman–Crippen MR) is 90.2 cm³/mol. The number of hydrogen-bond donors (Lipinski definition) is 0. The highest BCUT2D eigenvalue weighted by Gasteiger charge is 2.08. The second-order valence-electron chi connectivity index (χ2n) is 5.23. The minimum Gasteiger partial charge on any atom is -0.0813 e. The standard InChI is InChI=1S/C19H17B/c1-14-7-6-8-15(13-14)16-9-2-3-10-17(16)18-11-4-5-12-19(18)20/h2-13H,20H2,1H3. The molecule has 0 aliphatic carbocycles. The summed E-state index contributed by atoms with van der Waals surface area (Å²) in [5.74, 6) is 0. The van der Waals surface area contributed by atoms with Crippen molar-refractivity contribution in [3.63, 3.8) is 0 Å². The van der Waals surface area contributed by atoms with Crippen LogP contribution in [0.1, 0.15) is 5.56 Å². The molecule has 0 amide bonds. The highest BCUT2D eigenvalue weighted by molar-refractivity contribution is 6.36. The summed E-state index contributed by atoms with van der Waals surface area (Å²) in [5.41, 5.74) is 7.80. The molecular formula is C19H17B. The summed E-state index contributed by atoms with van der Waals surface area (Å²) in [4.78, 5) is 0. The van der Waals surface area contributed by atoms with Crippen molar-refractivity contribution in [2.75, 3.05) is 0 Å². The number of hydrogen-bond acceptors (Lipinski definition) is 0. The van der Waals surface area contributed by atoms with Gasteiger partial charge in [0.05, 0.1) is 0 Å². The molecule has 96 valence electrons. The summed E-state index contributed by atoms with van der Waals surface area (Å²) in [7, 11) is 2.17. The van der Waals surface area contributed by atoms with Gasteiger partial charge in [0.15, 0.2) is 0 Å². The zero-order chi connectivity index (χ0) is 13.9. The maximum Gasteiger partial charge on any atom is 0.140 e. The molecule has 0 aliphatic heterocycles. The Morgan fingerprint density at radius 1 is 0.650 bits per heavy atom. The van der Waals surface area contributed by atoms with Gasteiger partial charge in [-0.25, -0.2) is 0 Å². The van der Waals surface area contributed by atoms with Crippen LogP contribution in [-0.2, 0) is 0 Å². The molecule has 0 aliphatic rings. The molecule has 0 heterocycles. The zero-order valence-corrected chi connectivity index (χ0v) is 11.9. The Labute approximate surface area is 121 Å². The smallest absolute Gasteiger partial charge is 0.0813 e. The van der Waals surface area contributed by atoms with E-state index >= 15 is 0 Å². The Kier molecular flexibility index (Phi) is 3.43. The molecule has 3 aromatic carbocycles. The van der Waals surface area contributed by atoms with Crippen LogP contribution in [0.4, 0.5) is 0 Å². The molecule has 0 unspecified atom stereocenters. The lowest BCUT2D eigenvalue weighted by molar-refractivity contribution is 1.47. The third-order valence-corrected chi connectivity index (χ3v) is 3.69. The average Bonchev–Trinajstić information content (AvgIpc) is 2.48.